The number of ether oxygens (including phenoxy) is 3. The van der Waals surface area contributed by atoms with Crippen molar-refractivity contribution >= 4 is 28.2 Å². The third kappa shape index (κ3) is 4.23. The highest BCUT2D eigenvalue weighted by molar-refractivity contribution is 7.17. The van der Waals surface area contributed by atoms with Gasteiger partial charge in [-0.2, -0.15) is 0 Å². The van der Waals surface area contributed by atoms with Crippen molar-refractivity contribution in [1.82, 2.24) is 0 Å². The predicted molar refractivity (Wildman–Crippen MR) is 112 cm³/mol. The van der Waals surface area contributed by atoms with Crippen molar-refractivity contribution in [2.45, 2.75) is 32.9 Å². The molecule has 0 saturated carbocycles. The zero-order chi connectivity index (χ0) is 21.1. The van der Waals surface area contributed by atoms with E-state index in [9.17, 15) is 9.59 Å². The average Bonchev–Trinajstić information content (AvgIpc) is 3.09. The summed E-state index contributed by atoms with van der Waals surface area (Å²) in [5.41, 5.74) is 1.89. The van der Waals surface area contributed by atoms with Gasteiger partial charge in [-0.05, 0) is 37.6 Å². The van der Waals surface area contributed by atoms with Gasteiger partial charge in [0, 0.05) is 12.0 Å². The van der Waals surface area contributed by atoms with Gasteiger partial charge in [0.25, 0.3) is 5.91 Å². The van der Waals surface area contributed by atoms with Crippen molar-refractivity contribution in [3.63, 3.8) is 0 Å². The number of esters is 1. The van der Waals surface area contributed by atoms with Crippen LogP contribution in [0.25, 0.3) is 0 Å². The summed E-state index contributed by atoms with van der Waals surface area (Å²) in [7, 11) is 4.42. The van der Waals surface area contributed by atoms with E-state index in [2.05, 4.69) is 19.2 Å². The van der Waals surface area contributed by atoms with Gasteiger partial charge in [0.1, 0.15) is 11.5 Å². The SMILES string of the molecule is COC(=O)c1c(NC(=O)c2ccc(OC)c(OC)c2)sc2c1CC[NH+](C(C)C)C2. The summed E-state index contributed by atoms with van der Waals surface area (Å²) in [5.74, 6) is 0.276. The summed E-state index contributed by atoms with van der Waals surface area (Å²) in [6.07, 6.45) is 0.788. The van der Waals surface area contributed by atoms with E-state index in [0.29, 0.717) is 33.7 Å². The lowest BCUT2D eigenvalue weighted by Crippen LogP contribution is -3.14. The van der Waals surface area contributed by atoms with Gasteiger partial charge in [-0.25, -0.2) is 4.79 Å². The molecule has 0 fully saturated rings. The minimum Gasteiger partial charge on any atom is -0.493 e. The van der Waals surface area contributed by atoms with E-state index in [-0.39, 0.29) is 5.91 Å². The molecule has 2 aromatic rings. The third-order valence-corrected chi connectivity index (χ3v) is 6.40. The number of rotatable bonds is 6. The van der Waals surface area contributed by atoms with Crippen molar-refractivity contribution in [2.24, 2.45) is 0 Å². The Kier molecular flexibility index (Phi) is 6.44. The van der Waals surface area contributed by atoms with E-state index < -0.39 is 5.97 Å². The number of thiophene rings is 1. The van der Waals surface area contributed by atoms with Gasteiger partial charge in [-0.1, -0.05) is 0 Å². The Hall–Kier alpha value is -2.58. The van der Waals surface area contributed by atoms with E-state index in [1.807, 2.05) is 0 Å². The highest BCUT2D eigenvalue weighted by Gasteiger charge is 2.32. The van der Waals surface area contributed by atoms with E-state index >= 15 is 0 Å². The van der Waals surface area contributed by atoms with E-state index in [0.717, 1.165) is 30.0 Å². The second kappa shape index (κ2) is 8.84. The number of fused-ring (bicyclic) bond motifs is 1. The van der Waals surface area contributed by atoms with Crippen LogP contribution in [0, 0.1) is 0 Å². The van der Waals surface area contributed by atoms with Gasteiger partial charge in [-0.15, -0.1) is 11.3 Å². The molecule has 0 aliphatic carbocycles. The van der Waals surface area contributed by atoms with E-state index in [1.54, 1.807) is 25.3 Å². The molecular formula is C21H27N2O5S+. The van der Waals surface area contributed by atoms with Crippen molar-refractivity contribution in [3.05, 3.63) is 39.8 Å². The van der Waals surface area contributed by atoms with Crippen LogP contribution in [0.1, 0.15) is 45.0 Å². The molecule has 0 radical (unpaired) electrons. The Balaban J connectivity index is 1.92. The molecule has 1 aliphatic rings. The molecule has 0 saturated heterocycles. The Morgan fingerprint density at radius 1 is 1.14 bits per heavy atom. The largest absolute Gasteiger partial charge is 0.493 e. The van der Waals surface area contributed by atoms with Crippen LogP contribution < -0.4 is 19.7 Å². The predicted octanol–water partition coefficient (Wildman–Crippen LogP) is 2.15. The third-order valence-electron chi connectivity index (χ3n) is 5.25. The minimum absolute atomic E-state index is 0.317. The molecule has 156 valence electrons. The summed E-state index contributed by atoms with van der Waals surface area (Å²) in [6, 6.07) is 5.45. The maximum Gasteiger partial charge on any atom is 0.341 e. The maximum atomic E-state index is 12.9. The van der Waals surface area contributed by atoms with Gasteiger partial charge >= 0.3 is 5.97 Å². The molecule has 1 aromatic heterocycles. The summed E-state index contributed by atoms with van der Waals surface area (Å²) in [6.45, 7) is 6.17. The van der Waals surface area contributed by atoms with Gasteiger partial charge in [-0.3, -0.25) is 4.79 Å². The average molecular weight is 420 g/mol. The van der Waals surface area contributed by atoms with Gasteiger partial charge < -0.3 is 24.4 Å². The quantitative estimate of drug-likeness (QED) is 0.702. The number of anilines is 1. The van der Waals surface area contributed by atoms with Crippen LogP contribution in [-0.2, 0) is 17.7 Å². The number of methoxy groups -OCH3 is 3. The number of carbonyl (C=O) groups is 2. The Labute approximate surface area is 174 Å². The highest BCUT2D eigenvalue weighted by atomic mass is 32.1. The first-order valence-corrected chi connectivity index (χ1v) is 10.3. The smallest absolute Gasteiger partial charge is 0.341 e. The Morgan fingerprint density at radius 3 is 2.48 bits per heavy atom. The molecule has 1 aromatic carbocycles. The summed E-state index contributed by atoms with van der Waals surface area (Å²) >= 11 is 1.46. The van der Waals surface area contributed by atoms with Crippen LogP contribution in [0.4, 0.5) is 5.00 Å². The molecule has 8 heteroatoms. The second-order valence-electron chi connectivity index (χ2n) is 7.21. The first-order chi connectivity index (χ1) is 13.9. The molecule has 1 atom stereocenters. The topological polar surface area (TPSA) is 78.3 Å². The van der Waals surface area contributed by atoms with Crippen LogP contribution in [0.15, 0.2) is 18.2 Å². The minimum atomic E-state index is -0.418. The van der Waals surface area contributed by atoms with Crippen molar-refractivity contribution in [3.8, 4) is 11.5 Å². The first-order valence-electron chi connectivity index (χ1n) is 9.50. The lowest BCUT2D eigenvalue weighted by Gasteiger charge is -2.27. The number of carbonyl (C=O) groups excluding carboxylic acids is 2. The number of hydrogen-bond donors (Lipinski definition) is 2. The fourth-order valence-electron chi connectivity index (χ4n) is 3.55. The molecule has 0 spiro atoms. The Morgan fingerprint density at radius 2 is 1.86 bits per heavy atom. The zero-order valence-electron chi connectivity index (χ0n) is 17.4. The molecule has 1 unspecified atom stereocenters. The molecule has 3 rings (SSSR count). The number of quaternary nitrogens is 1. The first kappa shape index (κ1) is 21.1. The molecule has 2 N–H and O–H groups in total. The molecule has 2 heterocycles. The molecule has 7 nitrogen and oxygen atoms in total. The van der Waals surface area contributed by atoms with Crippen LogP contribution in [0.3, 0.4) is 0 Å². The van der Waals surface area contributed by atoms with Gasteiger partial charge in [0.05, 0.1) is 44.4 Å². The maximum absolute atomic E-state index is 12.9. The zero-order valence-corrected chi connectivity index (χ0v) is 18.2. The molecule has 29 heavy (non-hydrogen) atoms. The fourth-order valence-corrected chi connectivity index (χ4v) is 4.83. The molecule has 1 amide bonds. The summed E-state index contributed by atoms with van der Waals surface area (Å²) < 4.78 is 15.5. The fraction of sp³-hybridized carbons (Fsp3) is 0.429. The normalized spacial score (nSPS) is 15.6. The second-order valence-corrected chi connectivity index (χ2v) is 8.32. The standard InChI is InChI=1S/C21H26N2O5S/c1-12(2)23-9-8-14-17(11-23)29-20(18(14)21(25)28-5)22-19(24)13-6-7-15(26-3)16(10-13)27-4/h6-7,10,12H,8-9,11H2,1-5H3,(H,22,24)/p+1. The number of nitrogens with one attached hydrogen (secondary N) is 2. The van der Waals surface area contributed by atoms with Crippen LogP contribution in [-0.4, -0.2) is 45.8 Å². The van der Waals surface area contributed by atoms with Crippen molar-refractivity contribution in [2.75, 3.05) is 33.2 Å². The molecule has 1 aliphatic heterocycles. The Bertz CT molecular complexity index is 922. The van der Waals surface area contributed by atoms with Crippen LogP contribution in [0.2, 0.25) is 0 Å². The monoisotopic (exact) mass is 419 g/mol. The van der Waals surface area contributed by atoms with E-state index in [4.69, 9.17) is 14.2 Å². The molecule has 0 bridgehead atoms. The van der Waals surface area contributed by atoms with Crippen molar-refractivity contribution < 1.29 is 28.7 Å². The van der Waals surface area contributed by atoms with E-state index in [1.165, 1.54) is 30.5 Å². The van der Waals surface area contributed by atoms with Gasteiger partial charge in [0.2, 0.25) is 0 Å². The number of benzene rings is 1. The number of amides is 1. The summed E-state index contributed by atoms with van der Waals surface area (Å²) in [5, 5.41) is 3.44. The van der Waals surface area contributed by atoms with Crippen LogP contribution in [0.5, 0.6) is 11.5 Å². The highest BCUT2D eigenvalue weighted by Crippen LogP contribution is 2.36. The summed E-state index contributed by atoms with van der Waals surface area (Å²) in [4.78, 5) is 27.9. The number of hydrogen-bond acceptors (Lipinski definition) is 6. The van der Waals surface area contributed by atoms with Crippen molar-refractivity contribution in [1.29, 1.82) is 0 Å². The lowest BCUT2D eigenvalue weighted by atomic mass is 10.0. The molecular weight excluding hydrogens is 392 g/mol. The van der Waals surface area contributed by atoms with Gasteiger partial charge in [0.15, 0.2) is 11.5 Å². The van der Waals surface area contributed by atoms with Crippen LogP contribution >= 0.6 is 11.3 Å². The lowest BCUT2D eigenvalue weighted by molar-refractivity contribution is -0.936.